The first-order valence-corrected chi connectivity index (χ1v) is 5.30. The lowest BCUT2D eigenvalue weighted by Gasteiger charge is -2.25. The summed E-state index contributed by atoms with van der Waals surface area (Å²) in [5.74, 6) is 0. The van der Waals surface area contributed by atoms with E-state index >= 15 is 0 Å². The van der Waals surface area contributed by atoms with Crippen LogP contribution < -0.4 is 4.90 Å². The summed E-state index contributed by atoms with van der Waals surface area (Å²) >= 11 is 0. The molecule has 1 aromatic carbocycles. The molecule has 1 aromatic rings. The van der Waals surface area contributed by atoms with Crippen LogP contribution in [0.3, 0.4) is 0 Å². The fourth-order valence-electron chi connectivity index (χ4n) is 2.79. The molecule has 2 atom stereocenters. The lowest BCUT2D eigenvalue weighted by atomic mass is 9.90. The molecule has 0 spiro atoms. The summed E-state index contributed by atoms with van der Waals surface area (Å²) in [6.07, 6.45) is 0.601. The molecule has 0 amide bonds. The second-order valence-electron chi connectivity index (χ2n) is 4.21. The number of likely N-dealkylation sites (N-methyl/N-ethyl adjacent to an activating group) is 1. The van der Waals surface area contributed by atoms with Gasteiger partial charge < -0.3 is 9.64 Å². The van der Waals surface area contributed by atoms with Gasteiger partial charge in [0.25, 0.3) is 0 Å². The zero-order valence-corrected chi connectivity index (χ0v) is 9.00. The fraction of sp³-hybridized carbons (Fsp3) is 0.455. The molecule has 16 heavy (non-hydrogen) atoms. The van der Waals surface area contributed by atoms with E-state index in [1.165, 1.54) is 0 Å². The lowest BCUT2D eigenvalue weighted by Crippen LogP contribution is -2.38. The van der Waals surface area contributed by atoms with Gasteiger partial charge in [0.15, 0.2) is 0 Å². The van der Waals surface area contributed by atoms with Crippen molar-refractivity contribution in [1.29, 1.82) is 0 Å². The predicted octanol–water partition coefficient (Wildman–Crippen LogP) is 2.39. The third-order valence-corrected chi connectivity index (χ3v) is 3.49. The first-order chi connectivity index (χ1) is 7.79. The number of azide groups is 1. The Bertz CT molecular complexity index is 483. The van der Waals surface area contributed by atoms with E-state index in [4.69, 9.17) is 10.3 Å². The largest absolute Gasteiger partial charge is 0.357 e. The first-order valence-electron chi connectivity index (χ1n) is 5.30. The van der Waals surface area contributed by atoms with Crippen molar-refractivity contribution in [3.05, 3.63) is 40.3 Å². The van der Waals surface area contributed by atoms with Crippen molar-refractivity contribution in [2.45, 2.75) is 18.2 Å². The molecular weight excluding hydrogens is 204 g/mol. The molecule has 0 aromatic heterocycles. The third kappa shape index (κ3) is 0.965. The summed E-state index contributed by atoms with van der Waals surface area (Å²) in [6.45, 7) is 0.641. The van der Waals surface area contributed by atoms with Gasteiger partial charge in [-0.15, -0.1) is 0 Å². The van der Waals surface area contributed by atoms with Crippen LogP contribution >= 0.6 is 0 Å². The molecule has 2 heterocycles. The minimum Gasteiger partial charge on any atom is -0.357 e. The van der Waals surface area contributed by atoms with Crippen LogP contribution in [0.2, 0.25) is 0 Å². The van der Waals surface area contributed by atoms with Crippen molar-refractivity contribution in [2.24, 2.45) is 5.11 Å². The van der Waals surface area contributed by atoms with Gasteiger partial charge in [-0.25, -0.2) is 0 Å². The highest BCUT2D eigenvalue weighted by atomic mass is 16.5. The zero-order valence-electron chi connectivity index (χ0n) is 9.00. The molecule has 2 aliphatic heterocycles. The summed E-state index contributed by atoms with van der Waals surface area (Å²) in [5.41, 5.74) is 10.4. The van der Waals surface area contributed by atoms with E-state index in [1.54, 1.807) is 0 Å². The highest BCUT2D eigenvalue weighted by Crippen LogP contribution is 2.51. The number of anilines is 1. The van der Waals surface area contributed by atoms with Gasteiger partial charge in [-0.2, -0.15) is 0 Å². The van der Waals surface area contributed by atoms with Crippen molar-refractivity contribution in [3.63, 3.8) is 0 Å². The molecule has 2 aliphatic rings. The van der Waals surface area contributed by atoms with E-state index in [-0.39, 0.29) is 6.23 Å². The maximum absolute atomic E-state index is 8.76. The van der Waals surface area contributed by atoms with Gasteiger partial charge in [0, 0.05) is 17.6 Å². The first kappa shape index (κ1) is 9.51. The van der Waals surface area contributed by atoms with Crippen molar-refractivity contribution in [1.82, 2.24) is 0 Å². The van der Waals surface area contributed by atoms with E-state index in [2.05, 4.69) is 14.9 Å². The number of ether oxygens (including phenoxy) is 1. The SMILES string of the molecule is CN1c2ccccc2[C@]2(N=[N+]=[N-])CCO[C@H]12. The maximum atomic E-state index is 8.76. The smallest absolute Gasteiger partial charge is 0.145 e. The minimum atomic E-state index is -0.528. The summed E-state index contributed by atoms with van der Waals surface area (Å²) < 4.78 is 5.69. The standard InChI is InChI=1S/C11H12N4O/c1-15-9-5-3-2-4-8(9)11(13-14-12)6-7-16-10(11)15/h2-5,10H,6-7H2,1H3/t10-,11+/m0/s1. The lowest BCUT2D eigenvalue weighted by molar-refractivity contribution is 0.0892. The molecule has 0 N–H and O–H groups in total. The van der Waals surface area contributed by atoms with Crippen LogP contribution in [-0.2, 0) is 10.3 Å². The molecule has 0 aliphatic carbocycles. The number of rotatable bonds is 1. The van der Waals surface area contributed by atoms with E-state index in [1.807, 2.05) is 31.3 Å². The van der Waals surface area contributed by atoms with Crippen LogP contribution in [0.25, 0.3) is 10.4 Å². The monoisotopic (exact) mass is 216 g/mol. The Morgan fingerprint density at radius 2 is 2.38 bits per heavy atom. The number of para-hydroxylation sites is 1. The zero-order chi connectivity index (χ0) is 11.2. The van der Waals surface area contributed by atoms with Gasteiger partial charge in [-0.3, -0.25) is 0 Å². The Morgan fingerprint density at radius 3 is 3.19 bits per heavy atom. The van der Waals surface area contributed by atoms with E-state index in [0.29, 0.717) is 6.61 Å². The summed E-state index contributed by atoms with van der Waals surface area (Å²) in [6, 6.07) is 8.02. The topological polar surface area (TPSA) is 61.2 Å². The van der Waals surface area contributed by atoms with Gasteiger partial charge in [0.2, 0.25) is 0 Å². The van der Waals surface area contributed by atoms with Crippen LogP contribution in [0.1, 0.15) is 12.0 Å². The van der Waals surface area contributed by atoms with Crippen molar-refractivity contribution >= 4 is 5.69 Å². The number of fused-ring (bicyclic) bond motifs is 3. The summed E-state index contributed by atoms with van der Waals surface area (Å²) in [4.78, 5) is 5.06. The maximum Gasteiger partial charge on any atom is 0.145 e. The molecule has 0 radical (unpaired) electrons. The average Bonchev–Trinajstić information content (AvgIpc) is 2.81. The molecule has 1 saturated heterocycles. The quantitative estimate of drug-likeness (QED) is 0.411. The normalized spacial score (nSPS) is 30.8. The van der Waals surface area contributed by atoms with Gasteiger partial charge in [0.05, 0.1) is 6.61 Å². The van der Waals surface area contributed by atoms with Crippen LogP contribution in [0, 0.1) is 0 Å². The average molecular weight is 216 g/mol. The minimum absolute atomic E-state index is 0.152. The molecule has 0 saturated carbocycles. The van der Waals surface area contributed by atoms with Crippen LogP contribution in [0.4, 0.5) is 5.69 Å². The van der Waals surface area contributed by atoms with Gasteiger partial charge in [0.1, 0.15) is 11.8 Å². The Labute approximate surface area is 93.3 Å². The van der Waals surface area contributed by atoms with E-state index in [0.717, 1.165) is 17.7 Å². The second-order valence-corrected chi connectivity index (χ2v) is 4.21. The predicted molar refractivity (Wildman–Crippen MR) is 60.0 cm³/mol. The molecule has 5 nitrogen and oxygen atoms in total. The van der Waals surface area contributed by atoms with Crippen LogP contribution in [0.5, 0.6) is 0 Å². The Balaban J connectivity index is 2.25. The molecule has 0 unspecified atom stereocenters. The molecular formula is C11H12N4O. The van der Waals surface area contributed by atoms with Crippen molar-refractivity contribution < 1.29 is 4.74 Å². The number of benzene rings is 1. The molecule has 5 heteroatoms. The second kappa shape index (κ2) is 3.14. The highest BCUT2D eigenvalue weighted by molar-refractivity contribution is 5.63. The van der Waals surface area contributed by atoms with E-state index < -0.39 is 5.54 Å². The molecule has 0 bridgehead atoms. The van der Waals surface area contributed by atoms with Crippen LogP contribution in [0.15, 0.2) is 29.4 Å². The molecule has 3 rings (SSSR count). The Kier molecular flexibility index (Phi) is 1.87. The number of hydrogen-bond acceptors (Lipinski definition) is 3. The van der Waals surface area contributed by atoms with Gasteiger partial charge in [-0.1, -0.05) is 23.3 Å². The van der Waals surface area contributed by atoms with Crippen LogP contribution in [-0.4, -0.2) is 19.9 Å². The summed E-state index contributed by atoms with van der Waals surface area (Å²) in [5, 5.41) is 4.02. The van der Waals surface area contributed by atoms with E-state index in [9.17, 15) is 0 Å². The third-order valence-electron chi connectivity index (χ3n) is 3.49. The summed E-state index contributed by atoms with van der Waals surface area (Å²) in [7, 11) is 1.98. The van der Waals surface area contributed by atoms with Crippen molar-refractivity contribution in [3.8, 4) is 0 Å². The Hall–Kier alpha value is -1.71. The highest BCUT2D eigenvalue weighted by Gasteiger charge is 2.53. The Morgan fingerprint density at radius 1 is 1.56 bits per heavy atom. The number of nitrogens with zero attached hydrogens (tertiary/aromatic N) is 4. The fourth-order valence-corrected chi connectivity index (χ4v) is 2.79. The van der Waals surface area contributed by atoms with Gasteiger partial charge in [-0.05, 0) is 23.6 Å². The van der Waals surface area contributed by atoms with Gasteiger partial charge >= 0.3 is 0 Å². The number of hydrogen-bond donors (Lipinski definition) is 0. The molecule has 1 fully saturated rings. The molecule has 82 valence electrons. The van der Waals surface area contributed by atoms with Crippen molar-refractivity contribution in [2.75, 3.05) is 18.6 Å².